The Morgan fingerprint density at radius 3 is 2.83 bits per heavy atom. The van der Waals surface area contributed by atoms with Crippen molar-refractivity contribution in [3.63, 3.8) is 0 Å². The zero-order valence-electron chi connectivity index (χ0n) is 16.9. The summed E-state index contributed by atoms with van der Waals surface area (Å²) in [6.07, 6.45) is 5.87. The number of piperidine rings is 1. The average molecular weight is 413 g/mol. The van der Waals surface area contributed by atoms with E-state index in [1.165, 1.54) is 16.9 Å². The molecule has 0 saturated carbocycles. The van der Waals surface area contributed by atoms with E-state index in [4.69, 9.17) is 4.74 Å². The molecule has 29 heavy (non-hydrogen) atoms. The highest BCUT2D eigenvalue weighted by molar-refractivity contribution is 7.14. The van der Waals surface area contributed by atoms with Crippen molar-refractivity contribution in [2.24, 2.45) is 5.92 Å². The molecule has 1 atom stereocenters. The van der Waals surface area contributed by atoms with Gasteiger partial charge in [0.1, 0.15) is 5.75 Å². The zero-order chi connectivity index (χ0) is 20.2. The lowest BCUT2D eigenvalue weighted by molar-refractivity contribution is -0.125. The molecule has 0 spiro atoms. The Kier molecular flexibility index (Phi) is 6.19. The molecule has 1 fully saturated rings. The molecular weight excluding hydrogens is 384 g/mol. The SMILES string of the molecule is COc1cccc(CNC(=O)C2CCc3sc(C(=O)N4CCCCC4)cc3C2)c1. The number of ether oxygens (including phenoxy) is 1. The summed E-state index contributed by atoms with van der Waals surface area (Å²) in [7, 11) is 1.64. The van der Waals surface area contributed by atoms with E-state index >= 15 is 0 Å². The number of thiophene rings is 1. The number of fused-ring (bicyclic) bond motifs is 1. The van der Waals surface area contributed by atoms with Crippen LogP contribution in [-0.2, 0) is 24.2 Å². The molecular formula is C23H28N2O3S. The van der Waals surface area contributed by atoms with Gasteiger partial charge in [0.25, 0.3) is 5.91 Å². The number of likely N-dealkylation sites (tertiary alicyclic amines) is 1. The molecule has 1 aromatic carbocycles. The number of aryl methyl sites for hydroxylation is 1. The van der Waals surface area contributed by atoms with E-state index in [0.29, 0.717) is 6.54 Å². The maximum Gasteiger partial charge on any atom is 0.263 e. The van der Waals surface area contributed by atoms with Gasteiger partial charge in [0.05, 0.1) is 12.0 Å². The first-order chi connectivity index (χ1) is 14.1. The Hall–Kier alpha value is -2.34. The molecule has 1 aromatic heterocycles. The Bertz CT molecular complexity index is 886. The van der Waals surface area contributed by atoms with E-state index in [1.54, 1.807) is 18.4 Å². The van der Waals surface area contributed by atoms with Gasteiger partial charge in [-0.3, -0.25) is 9.59 Å². The summed E-state index contributed by atoms with van der Waals surface area (Å²) in [6, 6.07) is 9.79. The van der Waals surface area contributed by atoms with E-state index in [2.05, 4.69) is 5.32 Å². The minimum Gasteiger partial charge on any atom is -0.497 e. The summed E-state index contributed by atoms with van der Waals surface area (Å²) in [5.41, 5.74) is 2.21. The van der Waals surface area contributed by atoms with Crippen molar-refractivity contribution in [1.82, 2.24) is 10.2 Å². The second-order valence-electron chi connectivity index (χ2n) is 7.92. The first-order valence-electron chi connectivity index (χ1n) is 10.5. The van der Waals surface area contributed by atoms with Gasteiger partial charge in [0.2, 0.25) is 5.91 Å². The van der Waals surface area contributed by atoms with Crippen LogP contribution >= 0.6 is 11.3 Å². The number of amides is 2. The fourth-order valence-electron chi connectivity index (χ4n) is 4.22. The lowest BCUT2D eigenvalue weighted by Crippen LogP contribution is -2.35. The number of methoxy groups -OCH3 is 1. The second-order valence-corrected chi connectivity index (χ2v) is 9.06. The van der Waals surface area contributed by atoms with E-state index in [0.717, 1.165) is 61.4 Å². The molecule has 4 rings (SSSR count). The van der Waals surface area contributed by atoms with Gasteiger partial charge in [-0.1, -0.05) is 12.1 Å². The van der Waals surface area contributed by atoms with Gasteiger partial charge in [-0.05, 0) is 67.9 Å². The number of carbonyl (C=O) groups is 2. The molecule has 1 unspecified atom stereocenters. The Labute approximate surface area is 176 Å². The smallest absolute Gasteiger partial charge is 0.263 e. The minimum atomic E-state index is -0.0272. The maximum atomic E-state index is 12.8. The highest BCUT2D eigenvalue weighted by Gasteiger charge is 2.28. The molecule has 5 nitrogen and oxygen atoms in total. The maximum absolute atomic E-state index is 12.8. The van der Waals surface area contributed by atoms with Gasteiger partial charge in [-0.15, -0.1) is 11.3 Å². The summed E-state index contributed by atoms with van der Waals surface area (Å²) in [6.45, 7) is 2.25. The van der Waals surface area contributed by atoms with Crippen LogP contribution in [0.15, 0.2) is 30.3 Å². The predicted octanol–water partition coefficient (Wildman–Crippen LogP) is 3.80. The summed E-state index contributed by atoms with van der Waals surface area (Å²) >= 11 is 1.63. The topological polar surface area (TPSA) is 58.6 Å². The molecule has 1 saturated heterocycles. The fourth-order valence-corrected chi connectivity index (χ4v) is 5.40. The lowest BCUT2D eigenvalue weighted by atomic mass is 9.87. The van der Waals surface area contributed by atoms with Crippen LogP contribution in [0.2, 0.25) is 0 Å². The molecule has 1 aliphatic carbocycles. The largest absolute Gasteiger partial charge is 0.497 e. The van der Waals surface area contributed by atoms with Gasteiger partial charge >= 0.3 is 0 Å². The number of carbonyl (C=O) groups excluding carboxylic acids is 2. The number of hydrogen-bond donors (Lipinski definition) is 1. The molecule has 0 bridgehead atoms. The number of nitrogens with one attached hydrogen (secondary N) is 1. The molecule has 2 aromatic rings. The van der Waals surface area contributed by atoms with Crippen molar-refractivity contribution >= 4 is 23.2 Å². The van der Waals surface area contributed by atoms with Crippen LogP contribution in [0.3, 0.4) is 0 Å². The minimum absolute atomic E-state index is 0.0272. The molecule has 2 heterocycles. The molecule has 0 radical (unpaired) electrons. The zero-order valence-corrected chi connectivity index (χ0v) is 17.7. The molecule has 1 N–H and O–H groups in total. The van der Waals surface area contributed by atoms with Crippen LogP contribution in [0.1, 0.15) is 51.4 Å². The normalized spacial score (nSPS) is 18.8. The highest BCUT2D eigenvalue weighted by Crippen LogP contribution is 2.33. The monoisotopic (exact) mass is 412 g/mol. The van der Waals surface area contributed by atoms with Crippen LogP contribution in [0.25, 0.3) is 0 Å². The molecule has 2 amide bonds. The van der Waals surface area contributed by atoms with Crippen molar-refractivity contribution in [2.45, 2.75) is 45.1 Å². The van der Waals surface area contributed by atoms with E-state index in [9.17, 15) is 9.59 Å². The molecule has 6 heteroatoms. The lowest BCUT2D eigenvalue weighted by Gasteiger charge is -2.26. The van der Waals surface area contributed by atoms with Crippen LogP contribution in [0.5, 0.6) is 5.75 Å². The molecule has 154 valence electrons. The van der Waals surface area contributed by atoms with E-state index < -0.39 is 0 Å². The summed E-state index contributed by atoms with van der Waals surface area (Å²) in [5.74, 6) is 1.03. The first kappa shape index (κ1) is 20.0. The van der Waals surface area contributed by atoms with Crippen molar-refractivity contribution < 1.29 is 14.3 Å². The fraction of sp³-hybridized carbons (Fsp3) is 0.478. The second kappa shape index (κ2) is 8.99. The average Bonchev–Trinajstić information content (AvgIpc) is 3.21. The Morgan fingerprint density at radius 2 is 2.03 bits per heavy atom. The molecule has 1 aliphatic heterocycles. The summed E-state index contributed by atoms with van der Waals surface area (Å²) in [5, 5.41) is 3.07. The molecule has 2 aliphatic rings. The van der Waals surface area contributed by atoms with Gasteiger partial charge in [0, 0.05) is 30.4 Å². The third kappa shape index (κ3) is 4.64. The van der Waals surface area contributed by atoms with Gasteiger partial charge in [-0.2, -0.15) is 0 Å². The van der Waals surface area contributed by atoms with E-state index in [-0.39, 0.29) is 17.7 Å². The highest BCUT2D eigenvalue weighted by atomic mass is 32.1. The first-order valence-corrected chi connectivity index (χ1v) is 11.3. The van der Waals surface area contributed by atoms with E-state index in [1.807, 2.05) is 35.2 Å². The quantitative estimate of drug-likeness (QED) is 0.813. The van der Waals surface area contributed by atoms with Crippen LogP contribution in [0.4, 0.5) is 0 Å². The third-order valence-corrected chi connectivity index (χ3v) is 7.13. The predicted molar refractivity (Wildman–Crippen MR) is 114 cm³/mol. The van der Waals surface area contributed by atoms with Crippen LogP contribution in [-0.4, -0.2) is 36.9 Å². The van der Waals surface area contributed by atoms with Crippen LogP contribution in [0, 0.1) is 5.92 Å². The Balaban J connectivity index is 1.36. The number of nitrogens with zero attached hydrogens (tertiary/aromatic N) is 1. The van der Waals surface area contributed by atoms with Crippen molar-refractivity contribution in [2.75, 3.05) is 20.2 Å². The number of rotatable bonds is 5. The Morgan fingerprint density at radius 1 is 1.21 bits per heavy atom. The van der Waals surface area contributed by atoms with Gasteiger partial charge in [0.15, 0.2) is 0 Å². The van der Waals surface area contributed by atoms with Gasteiger partial charge in [-0.25, -0.2) is 0 Å². The standard InChI is InChI=1S/C23H28N2O3S/c1-28-19-7-5-6-16(12-19)15-24-22(26)17-8-9-20-18(13-17)14-21(29-20)23(27)25-10-3-2-4-11-25/h5-7,12,14,17H,2-4,8-11,13,15H2,1H3,(H,24,26). The van der Waals surface area contributed by atoms with Gasteiger partial charge < -0.3 is 15.0 Å². The van der Waals surface area contributed by atoms with Crippen LogP contribution < -0.4 is 10.1 Å². The summed E-state index contributed by atoms with van der Waals surface area (Å²) < 4.78 is 5.24. The number of benzene rings is 1. The van der Waals surface area contributed by atoms with Crippen molar-refractivity contribution in [3.8, 4) is 5.75 Å². The third-order valence-electron chi connectivity index (χ3n) is 5.91. The number of hydrogen-bond acceptors (Lipinski definition) is 4. The van der Waals surface area contributed by atoms with Crippen molar-refractivity contribution in [3.05, 3.63) is 51.2 Å². The van der Waals surface area contributed by atoms with Crippen molar-refractivity contribution in [1.29, 1.82) is 0 Å². The summed E-state index contributed by atoms with van der Waals surface area (Å²) in [4.78, 5) is 29.6.